The average Bonchev–Trinajstić information content (AvgIpc) is 2.43. The minimum atomic E-state index is -1.02. The Hall–Kier alpha value is -0.850. The Morgan fingerprint density at radius 1 is 1.43 bits per heavy atom. The van der Waals surface area contributed by atoms with Crippen LogP contribution in [0.25, 0.3) is 0 Å². The lowest BCUT2D eigenvalue weighted by molar-refractivity contribution is -0.00698. The third kappa shape index (κ3) is 7.99. The summed E-state index contributed by atoms with van der Waals surface area (Å²) in [5.74, 6) is 0.475. The Bertz CT molecular complexity index is 373. The second kappa shape index (κ2) is 8.31. The third-order valence-corrected chi connectivity index (χ3v) is 3.99. The molecule has 1 rings (SSSR count). The first kappa shape index (κ1) is 20.2. The van der Waals surface area contributed by atoms with Gasteiger partial charge in [-0.15, -0.1) is 0 Å². The molecule has 3 atom stereocenters. The molecule has 0 unspecified atom stereocenters. The molecule has 1 aliphatic heterocycles. The minimum absolute atomic E-state index is 0.211. The van der Waals surface area contributed by atoms with E-state index in [4.69, 9.17) is 9.47 Å². The molecule has 0 aromatic carbocycles. The highest BCUT2D eigenvalue weighted by Crippen LogP contribution is 2.18. The second-order valence-electron chi connectivity index (χ2n) is 7.98. The molecule has 6 heteroatoms. The number of likely N-dealkylation sites (N-methyl/N-ethyl adjacent to an activating group) is 1. The second-order valence-corrected chi connectivity index (χ2v) is 7.98. The standard InChI is InChI=1S/C17H34N2O4/c1-13(14-8-7-9-22-10-14)18-11-17(5,21)12-19(6)15(20)23-16(2,3)4/h13-14,18,21H,7-12H2,1-6H3/t13-,14+,17-/m0/s1. The Labute approximate surface area is 140 Å². The van der Waals surface area contributed by atoms with E-state index in [1.54, 1.807) is 14.0 Å². The van der Waals surface area contributed by atoms with E-state index in [0.717, 1.165) is 26.1 Å². The van der Waals surface area contributed by atoms with Crippen molar-refractivity contribution in [2.75, 3.05) is 33.4 Å². The zero-order valence-electron chi connectivity index (χ0n) is 15.5. The first-order valence-corrected chi connectivity index (χ1v) is 8.48. The Morgan fingerprint density at radius 3 is 2.61 bits per heavy atom. The van der Waals surface area contributed by atoms with Crippen molar-refractivity contribution in [3.8, 4) is 0 Å². The zero-order valence-corrected chi connectivity index (χ0v) is 15.5. The number of amides is 1. The van der Waals surface area contributed by atoms with Crippen LogP contribution in [0.3, 0.4) is 0 Å². The predicted molar refractivity (Wildman–Crippen MR) is 90.5 cm³/mol. The van der Waals surface area contributed by atoms with E-state index in [-0.39, 0.29) is 12.6 Å². The normalized spacial score (nSPS) is 23.0. The highest BCUT2D eigenvalue weighted by molar-refractivity contribution is 5.67. The van der Waals surface area contributed by atoms with Gasteiger partial charge in [-0.2, -0.15) is 0 Å². The van der Waals surface area contributed by atoms with Gasteiger partial charge in [0, 0.05) is 26.2 Å². The molecule has 1 aliphatic rings. The number of nitrogens with one attached hydrogen (secondary N) is 1. The molecule has 1 saturated heterocycles. The lowest BCUT2D eigenvalue weighted by Crippen LogP contribution is -2.51. The average molecular weight is 330 g/mol. The molecule has 0 spiro atoms. The molecule has 2 N–H and O–H groups in total. The molecule has 0 bridgehead atoms. The summed E-state index contributed by atoms with van der Waals surface area (Å²) in [5, 5.41) is 13.9. The summed E-state index contributed by atoms with van der Waals surface area (Å²) in [6.07, 6.45) is 1.81. The molecule has 1 heterocycles. The predicted octanol–water partition coefficient (Wildman–Crippen LogP) is 2.01. The van der Waals surface area contributed by atoms with Crippen molar-refractivity contribution in [2.24, 2.45) is 5.92 Å². The molecule has 0 aromatic rings. The van der Waals surface area contributed by atoms with Gasteiger partial charge in [-0.3, -0.25) is 0 Å². The van der Waals surface area contributed by atoms with Crippen molar-refractivity contribution in [1.82, 2.24) is 10.2 Å². The first-order chi connectivity index (χ1) is 10.5. The Kier molecular flexibility index (Phi) is 7.29. The summed E-state index contributed by atoms with van der Waals surface area (Å²) in [6.45, 7) is 11.6. The fourth-order valence-electron chi connectivity index (χ4n) is 2.68. The summed E-state index contributed by atoms with van der Waals surface area (Å²) in [7, 11) is 1.64. The minimum Gasteiger partial charge on any atom is -0.444 e. The van der Waals surface area contributed by atoms with Gasteiger partial charge in [-0.25, -0.2) is 4.79 Å². The summed E-state index contributed by atoms with van der Waals surface area (Å²) in [6, 6.07) is 0.272. The van der Waals surface area contributed by atoms with E-state index < -0.39 is 17.3 Å². The molecule has 0 aromatic heterocycles. The lowest BCUT2D eigenvalue weighted by Gasteiger charge is -2.34. The van der Waals surface area contributed by atoms with Crippen LogP contribution in [-0.4, -0.2) is 66.7 Å². The Morgan fingerprint density at radius 2 is 2.09 bits per heavy atom. The van der Waals surface area contributed by atoms with Crippen LogP contribution >= 0.6 is 0 Å². The molecule has 136 valence electrons. The summed E-state index contributed by atoms with van der Waals surface area (Å²) in [5.41, 5.74) is -1.56. The number of aliphatic hydroxyl groups is 1. The van der Waals surface area contributed by atoms with E-state index in [9.17, 15) is 9.90 Å². The van der Waals surface area contributed by atoms with Gasteiger partial charge in [0.1, 0.15) is 5.60 Å². The number of ether oxygens (including phenoxy) is 2. The first-order valence-electron chi connectivity index (χ1n) is 8.48. The van der Waals surface area contributed by atoms with Crippen LogP contribution in [0.2, 0.25) is 0 Å². The van der Waals surface area contributed by atoms with Crippen LogP contribution in [0.4, 0.5) is 4.79 Å². The molecular formula is C17H34N2O4. The van der Waals surface area contributed by atoms with Crippen molar-refractivity contribution < 1.29 is 19.4 Å². The van der Waals surface area contributed by atoms with Crippen LogP contribution in [-0.2, 0) is 9.47 Å². The van der Waals surface area contributed by atoms with Gasteiger partial charge >= 0.3 is 6.09 Å². The maximum Gasteiger partial charge on any atom is 0.410 e. The van der Waals surface area contributed by atoms with Crippen LogP contribution in [0.5, 0.6) is 0 Å². The molecule has 0 radical (unpaired) electrons. The van der Waals surface area contributed by atoms with Gasteiger partial charge in [0.25, 0.3) is 0 Å². The number of rotatable bonds is 6. The molecule has 1 amide bonds. The van der Waals surface area contributed by atoms with Crippen LogP contribution < -0.4 is 5.32 Å². The van der Waals surface area contributed by atoms with Crippen LogP contribution in [0, 0.1) is 5.92 Å². The van der Waals surface area contributed by atoms with Crippen molar-refractivity contribution in [3.05, 3.63) is 0 Å². The molecule has 6 nitrogen and oxygen atoms in total. The zero-order chi connectivity index (χ0) is 17.7. The maximum absolute atomic E-state index is 12.0. The molecule has 23 heavy (non-hydrogen) atoms. The fraction of sp³-hybridized carbons (Fsp3) is 0.941. The van der Waals surface area contributed by atoms with Crippen molar-refractivity contribution in [1.29, 1.82) is 0 Å². The molecular weight excluding hydrogens is 296 g/mol. The van der Waals surface area contributed by atoms with Crippen LogP contribution in [0.1, 0.15) is 47.5 Å². The van der Waals surface area contributed by atoms with Crippen LogP contribution in [0.15, 0.2) is 0 Å². The third-order valence-electron chi connectivity index (χ3n) is 3.99. The summed E-state index contributed by atoms with van der Waals surface area (Å²) < 4.78 is 10.8. The van der Waals surface area contributed by atoms with E-state index >= 15 is 0 Å². The number of carbonyl (C=O) groups is 1. The van der Waals surface area contributed by atoms with E-state index in [1.165, 1.54) is 4.90 Å². The van der Waals surface area contributed by atoms with E-state index in [0.29, 0.717) is 12.5 Å². The van der Waals surface area contributed by atoms with Gasteiger partial charge in [-0.1, -0.05) is 0 Å². The quantitative estimate of drug-likeness (QED) is 0.779. The largest absolute Gasteiger partial charge is 0.444 e. The SMILES string of the molecule is C[C@H](NC[C@](C)(O)CN(C)C(=O)OC(C)(C)C)[C@@H]1CCCOC1. The van der Waals surface area contributed by atoms with Gasteiger partial charge in [0.15, 0.2) is 0 Å². The summed E-state index contributed by atoms with van der Waals surface area (Å²) in [4.78, 5) is 13.4. The highest BCUT2D eigenvalue weighted by atomic mass is 16.6. The van der Waals surface area contributed by atoms with Gasteiger partial charge in [-0.05, 0) is 53.4 Å². The number of nitrogens with zero attached hydrogens (tertiary/aromatic N) is 1. The smallest absolute Gasteiger partial charge is 0.410 e. The van der Waals surface area contributed by atoms with Crippen molar-refractivity contribution in [2.45, 2.75) is 64.7 Å². The van der Waals surface area contributed by atoms with Crippen molar-refractivity contribution >= 4 is 6.09 Å². The number of carbonyl (C=O) groups excluding carboxylic acids is 1. The summed E-state index contributed by atoms with van der Waals surface area (Å²) >= 11 is 0. The van der Waals surface area contributed by atoms with Crippen molar-refractivity contribution in [3.63, 3.8) is 0 Å². The highest BCUT2D eigenvalue weighted by Gasteiger charge is 2.29. The monoisotopic (exact) mass is 330 g/mol. The Balaban J connectivity index is 2.40. The molecule has 0 saturated carbocycles. The maximum atomic E-state index is 12.0. The number of hydrogen-bond donors (Lipinski definition) is 2. The fourth-order valence-corrected chi connectivity index (χ4v) is 2.68. The van der Waals surface area contributed by atoms with E-state index in [1.807, 2.05) is 20.8 Å². The lowest BCUT2D eigenvalue weighted by atomic mass is 9.94. The van der Waals surface area contributed by atoms with Gasteiger partial charge in [0.2, 0.25) is 0 Å². The van der Waals surface area contributed by atoms with Gasteiger partial charge in [0.05, 0.1) is 18.8 Å². The van der Waals surface area contributed by atoms with E-state index in [2.05, 4.69) is 12.2 Å². The molecule has 0 aliphatic carbocycles. The molecule has 1 fully saturated rings. The topological polar surface area (TPSA) is 71.0 Å². The van der Waals surface area contributed by atoms with Gasteiger partial charge < -0.3 is 24.8 Å². The number of hydrogen-bond acceptors (Lipinski definition) is 5.